The first-order chi connectivity index (χ1) is 10.3. The van der Waals surface area contributed by atoms with Crippen molar-refractivity contribution in [3.05, 3.63) is 35.4 Å². The van der Waals surface area contributed by atoms with E-state index in [4.69, 9.17) is 5.11 Å². The molecule has 1 aromatic rings. The van der Waals surface area contributed by atoms with E-state index in [2.05, 4.69) is 5.32 Å². The molecule has 0 radical (unpaired) electrons. The number of hydrogen-bond acceptors (Lipinski definition) is 3. The van der Waals surface area contributed by atoms with Crippen LogP contribution in [0.1, 0.15) is 25.0 Å². The van der Waals surface area contributed by atoms with Gasteiger partial charge in [0.05, 0.1) is 6.42 Å². The second kappa shape index (κ2) is 8.17. The lowest BCUT2D eigenvalue weighted by atomic mass is 10.1. The summed E-state index contributed by atoms with van der Waals surface area (Å²) >= 11 is 0. The van der Waals surface area contributed by atoms with Crippen molar-refractivity contribution in [3.8, 4) is 0 Å². The highest BCUT2D eigenvalue weighted by Gasteiger charge is 2.25. The number of nitrogens with zero attached hydrogens (tertiary/aromatic N) is 1. The van der Waals surface area contributed by atoms with Gasteiger partial charge in [-0.15, -0.1) is 0 Å². The van der Waals surface area contributed by atoms with E-state index in [9.17, 15) is 14.4 Å². The van der Waals surface area contributed by atoms with Crippen LogP contribution in [0, 0.1) is 6.92 Å². The van der Waals surface area contributed by atoms with E-state index >= 15 is 0 Å². The van der Waals surface area contributed by atoms with Crippen LogP contribution in [0.25, 0.3) is 0 Å². The van der Waals surface area contributed by atoms with E-state index in [1.807, 2.05) is 31.2 Å². The van der Waals surface area contributed by atoms with Crippen molar-refractivity contribution in [1.29, 1.82) is 0 Å². The monoisotopic (exact) mass is 306 g/mol. The highest BCUT2D eigenvalue weighted by atomic mass is 16.4. The lowest BCUT2D eigenvalue weighted by Crippen LogP contribution is -2.47. The Morgan fingerprint density at radius 1 is 1.23 bits per heavy atom. The standard InChI is InChI=1S/C16H22N2O4/c1-11-4-6-14(7-5-11)10-15(20)18(12(2)16(21)22)9-8-17-13(3)19/h4-7,12H,8-10H2,1-3H3,(H,17,19)(H,21,22). The minimum absolute atomic E-state index is 0.137. The van der Waals surface area contributed by atoms with Crippen molar-refractivity contribution in [2.45, 2.75) is 33.2 Å². The van der Waals surface area contributed by atoms with Crippen LogP contribution in [-0.2, 0) is 20.8 Å². The summed E-state index contributed by atoms with van der Waals surface area (Å²) < 4.78 is 0. The zero-order valence-corrected chi connectivity index (χ0v) is 13.1. The van der Waals surface area contributed by atoms with Gasteiger partial charge >= 0.3 is 5.97 Å². The lowest BCUT2D eigenvalue weighted by Gasteiger charge is -2.26. The van der Waals surface area contributed by atoms with Crippen LogP contribution < -0.4 is 5.32 Å². The van der Waals surface area contributed by atoms with Crippen LogP contribution in [0.3, 0.4) is 0 Å². The van der Waals surface area contributed by atoms with Crippen LogP contribution in [0.5, 0.6) is 0 Å². The smallest absolute Gasteiger partial charge is 0.326 e. The Balaban J connectivity index is 2.75. The van der Waals surface area contributed by atoms with Crippen LogP contribution in [0.15, 0.2) is 24.3 Å². The molecule has 0 spiro atoms. The number of hydrogen-bond donors (Lipinski definition) is 2. The zero-order valence-electron chi connectivity index (χ0n) is 13.1. The third kappa shape index (κ3) is 5.55. The zero-order chi connectivity index (χ0) is 16.7. The maximum Gasteiger partial charge on any atom is 0.326 e. The number of nitrogens with one attached hydrogen (secondary N) is 1. The van der Waals surface area contributed by atoms with E-state index in [1.54, 1.807) is 0 Å². The van der Waals surface area contributed by atoms with Crippen molar-refractivity contribution in [1.82, 2.24) is 10.2 Å². The predicted molar refractivity (Wildman–Crippen MR) is 82.4 cm³/mol. The average molecular weight is 306 g/mol. The third-order valence-electron chi connectivity index (χ3n) is 3.35. The quantitative estimate of drug-likeness (QED) is 0.786. The van der Waals surface area contributed by atoms with Gasteiger partial charge in [0, 0.05) is 20.0 Å². The van der Waals surface area contributed by atoms with Gasteiger partial charge < -0.3 is 15.3 Å². The fourth-order valence-corrected chi connectivity index (χ4v) is 2.00. The molecule has 120 valence electrons. The van der Waals surface area contributed by atoms with Crippen molar-refractivity contribution in [3.63, 3.8) is 0 Å². The number of carbonyl (C=O) groups excluding carboxylic acids is 2. The van der Waals surface area contributed by atoms with E-state index < -0.39 is 12.0 Å². The number of carboxylic acids is 1. The summed E-state index contributed by atoms with van der Waals surface area (Å²) in [7, 11) is 0. The first-order valence-corrected chi connectivity index (χ1v) is 7.13. The Bertz CT molecular complexity index is 540. The fraction of sp³-hybridized carbons (Fsp3) is 0.438. The number of rotatable bonds is 7. The number of amides is 2. The average Bonchev–Trinajstić information content (AvgIpc) is 2.45. The molecule has 2 amide bonds. The summed E-state index contributed by atoms with van der Waals surface area (Å²) in [5, 5.41) is 11.7. The number of aryl methyl sites for hydroxylation is 1. The fourth-order valence-electron chi connectivity index (χ4n) is 2.00. The minimum atomic E-state index is -1.07. The summed E-state index contributed by atoms with van der Waals surface area (Å²) in [5.74, 6) is -1.56. The van der Waals surface area contributed by atoms with Gasteiger partial charge in [-0.05, 0) is 19.4 Å². The summed E-state index contributed by atoms with van der Waals surface area (Å²) in [6.07, 6.45) is 0.137. The van der Waals surface area contributed by atoms with Gasteiger partial charge in [0.2, 0.25) is 11.8 Å². The van der Waals surface area contributed by atoms with E-state index in [1.165, 1.54) is 18.7 Å². The first kappa shape index (κ1) is 17.7. The molecule has 0 bridgehead atoms. The highest BCUT2D eigenvalue weighted by Crippen LogP contribution is 2.08. The van der Waals surface area contributed by atoms with Gasteiger partial charge in [0.1, 0.15) is 6.04 Å². The van der Waals surface area contributed by atoms with Gasteiger partial charge in [0.15, 0.2) is 0 Å². The Morgan fingerprint density at radius 2 is 1.82 bits per heavy atom. The van der Waals surface area contributed by atoms with Crippen molar-refractivity contribution in [2.24, 2.45) is 0 Å². The topological polar surface area (TPSA) is 86.7 Å². The summed E-state index contributed by atoms with van der Waals surface area (Å²) in [4.78, 5) is 35.7. The van der Waals surface area contributed by atoms with E-state index in [-0.39, 0.29) is 31.3 Å². The molecule has 0 saturated carbocycles. The molecule has 1 rings (SSSR count). The molecule has 0 heterocycles. The SMILES string of the molecule is CC(=O)NCCN(C(=O)Cc1ccc(C)cc1)C(C)C(=O)O. The van der Waals surface area contributed by atoms with Gasteiger partial charge in [-0.2, -0.15) is 0 Å². The Labute approximate surface area is 130 Å². The van der Waals surface area contributed by atoms with Gasteiger partial charge in [0.25, 0.3) is 0 Å². The molecular formula is C16H22N2O4. The largest absolute Gasteiger partial charge is 0.480 e. The number of carboxylic acid groups (broad SMARTS) is 1. The van der Waals surface area contributed by atoms with Gasteiger partial charge in [-0.1, -0.05) is 29.8 Å². The van der Waals surface area contributed by atoms with Crippen LogP contribution in [-0.4, -0.2) is 46.9 Å². The molecule has 0 aliphatic carbocycles. The molecule has 2 N–H and O–H groups in total. The van der Waals surface area contributed by atoms with Gasteiger partial charge in [-0.25, -0.2) is 4.79 Å². The second-order valence-electron chi connectivity index (χ2n) is 5.25. The Kier molecular flexibility index (Phi) is 6.56. The van der Waals surface area contributed by atoms with Gasteiger partial charge in [-0.3, -0.25) is 9.59 Å². The minimum Gasteiger partial charge on any atom is -0.480 e. The van der Waals surface area contributed by atoms with Crippen LogP contribution >= 0.6 is 0 Å². The molecule has 0 aliphatic rings. The third-order valence-corrected chi connectivity index (χ3v) is 3.35. The second-order valence-corrected chi connectivity index (χ2v) is 5.25. The number of aliphatic carboxylic acids is 1. The molecule has 6 heteroatoms. The normalized spacial score (nSPS) is 11.6. The summed E-state index contributed by atoms with van der Waals surface area (Å²) in [5.41, 5.74) is 1.93. The lowest BCUT2D eigenvalue weighted by molar-refractivity contribution is -0.149. The molecule has 0 aliphatic heterocycles. The highest BCUT2D eigenvalue weighted by molar-refractivity contribution is 5.84. The van der Waals surface area contributed by atoms with Crippen molar-refractivity contribution in [2.75, 3.05) is 13.1 Å². The van der Waals surface area contributed by atoms with Crippen LogP contribution in [0.4, 0.5) is 0 Å². The molecule has 1 atom stereocenters. The summed E-state index contributed by atoms with van der Waals surface area (Å²) in [6.45, 7) is 5.18. The maximum atomic E-state index is 12.4. The molecular weight excluding hydrogens is 284 g/mol. The van der Waals surface area contributed by atoms with Crippen molar-refractivity contribution >= 4 is 17.8 Å². The van der Waals surface area contributed by atoms with E-state index in [0.717, 1.165) is 11.1 Å². The number of benzene rings is 1. The molecule has 22 heavy (non-hydrogen) atoms. The predicted octanol–water partition coefficient (Wildman–Crippen LogP) is 0.975. The summed E-state index contributed by atoms with van der Waals surface area (Å²) in [6, 6.07) is 6.58. The van der Waals surface area contributed by atoms with Crippen LogP contribution in [0.2, 0.25) is 0 Å². The van der Waals surface area contributed by atoms with Crippen molar-refractivity contribution < 1.29 is 19.5 Å². The molecule has 0 saturated heterocycles. The molecule has 6 nitrogen and oxygen atoms in total. The first-order valence-electron chi connectivity index (χ1n) is 7.13. The maximum absolute atomic E-state index is 12.4. The Hall–Kier alpha value is -2.37. The molecule has 1 unspecified atom stereocenters. The molecule has 0 fully saturated rings. The molecule has 1 aromatic carbocycles. The Morgan fingerprint density at radius 3 is 2.32 bits per heavy atom. The molecule has 0 aromatic heterocycles. The number of carbonyl (C=O) groups is 3. The van der Waals surface area contributed by atoms with E-state index in [0.29, 0.717) is 0 Å².